The fourth-order valence-electron chi connectivity index (χ4n) is 2.66. The minimum Gasteiger partial charge on any atom is -0.375 e. The molecular formula is C16H23FN2O2S. The largest absolute Gasteiger partial charge is 0.375 e. The van der Waals surface area contributed by atoms with Crippen molar-refractivity contribution in [3.8, 4) is 0 Å². The van der Waals surface area contributed by atoms with Gasteiger partial charge in [0.25, 0.3) is 0 Å². The third-order valence-corrected chi connectivity index (χ3v) is 4.88. The number of ether oxygens (including phenoxy) is 1. The topological polar surface area (TPSA) is 50.4 Å². The molecule has 2 N–H and O–H groups in total. The summed E-state index contributed by atoms with van der Waals surface area (Å²) in [7, 11) is 1.52. The van der Waals surface area contributed by atoms with Crippen molar-refractivity contribution < 1.29 is 13.9 Å². The third kappa shape index (κ3) is 4.61. The molecule has 6 heteroatoms. The van der Waals surface area contributed by atoms with Crippen molar-refractivity contribution in [2.24, 2.45) is 0 Å². The molecule has 0 aliphatic carbocycles. The van der Waals surface area contributed by atoms with Gasteiger partial charge in [-0.3, -0.25) is 0 Å². The highest BCUT2D eigenvalue weighted by molar-refractivity contribution is 7.99. The van der Waals surface area contributed by atoms with Crippen molar-refractivity contribution in [3.05, 3.63) is 35.6 Å². The molecular weight excluding hydrogens is 303 g/mol. The summed E-state index contributed by atoms with van der Waals surface area (Å²) in [6.45, 7) is 1.82. The average Bonchev–Trinajstić information content (AvgIpc) is 2.50. The quantitative estimate of drug-likeness (QED) is 0.874. The lowest BCUT2D eigenvalue weighted by Crippen LogP contribution is -2.48. The molecule has 1 aliphatic rings. The zero-order valence-electron chi connectivity index (χ0n) is 13.0. The summed E-state index contributed by atoms with van der Waals surface area (Å²) >= 11 is 1.91. The lowest BCUT2D eigenvalue weighted by molar-refractivity contribution is 0.0731. The molecule has 4 nitrogen and oxygen atoms in total. The summed E-state index contributed by atoms with van der Waals surface area (Å²) in [5, 5.41) is 5.84. The number of thioether (sulfide) groups is 1. The Bertz CT molecular complexity index is 495. The molecule has 1 heterocycles. The maximum absolute atomic E-state index is 13.9. The molecule has 1 saturated heterocycles. The molecule has 22 heavy (non-hydrogen) atoms. The van der Waals surface area contributed by atoms with Crippen LogP contribution in [0.2, 0.25) is 0 Å². The van der Waals surface area contributed by atoms with Crippen molar-refractivity contribution in [1.82, 2.24) is 10.6 Å². The number of rotatable bonds is 5. The maximum atomic E-state index is 13.9. The summed E-state index contributed by atoms with van der Waals surface area (Å²) in [6.07, 6.45) is 1.47. The molecule has 0 unspecified atom stereocenters. The van der Waals surface area contributed by atoms with Crippen LogP contribution in [-0.4, -0.2) is 36.7 Å². The van der Waals surface area contributed by atoms with Gasteiger partial charge in [-0.25, -0.2) is 9.18 Å². The minimum atomic E-state index is -0.520. The number of nitrogens with one attached hydrogen (secondary N) is 2. The smallest absolute Gasteiger partial charge is 0.315 e. The van der Waals surface area contributed by atoms with Crippen LogP contribution in [0.5, 0.6) is 0 Å². The number of methoxy groups -OCH3 is 1. The van der Waals surface area contributed by atoms with Gasteiger partial charge in [-0.15, -0.1) is 0 Å². The van der Waals surface area contributed by atoms with Gasteiger partial charge in [0, 0.05) is 18.7 Å². The molecule has 1 aromatic carbocycles. The second-order valence-electron chi connectivity index (χ2n) is 5.47. The van der Waals surface area contributed by atoms with Crippen LogP contribution in [0.4, 0.5) is 9.18 Å². The first-order valence-electron chi connectivity index (χ1n) is 7.53. The van der Waals surface area contributed by atoms with Crippen molar-refractivity contribution in [2.75, 3.05) is 18.6 Å². The summed E-state index contributed by atoms with van der Waals surface area (Å²) in [5.41, 5.74) is 0.451. The molecule has 122 valence electrons. The molecule has 0 bridgehead atoms. The van der Waals surface area contributed by atoms with E-state index >= 15 is 0 Å². The van der Waals surface area contributed by atoms with Crippen molar-refractivity contribution in [2.45, 2.75) is 38.0 Å². The first kappa shape index (κ1) is 17.1. The number of carbonyl (C=O) groups excluding carboxylic acids is 1. The van der Waals surface area contributed by atoms with Crippen molar-refractivity contribution in [3.63, 3.8) is 0 Å². The van der Waals surface area contributed by atoms with Crippen LogP contribution in [0, 0.1) is 5.82 Å². The highest BCUT2D eigenvalue weighted by Crippen LogP contribution is 2.23. The Balaban J connectivity index is 1.92. The van der Waals surface area contributed by atoms with E-state index in [1.165, 1.54) is 13.2 Å². The second kappa shape index (κ2) is 8.39. The molecule has 1 aromatic rings. The van der Waals surface area contributed by atoms with E-state index in [1.807, 2.05) is 18.7 Å². The van der Waals surface area contributed by atoms with Gasteiger partial charge < -0.3 is 15.4 Å². The van der Waals surface area contributed by atoms with Crippen molar-refractivity contribution >= 4 is 17.8 Å². The zero-order chi connectivity index (χ0) is 15.9. The number of urea groups is 1. The Morgan fingerprint density at radius 2 is 2.05 bits per heavy atom. The van der Waals surface area contributed by atoms with E-state index < -0.39 is 6.10 Å². The zero-order valence-corrected chi connectivity index (χ0v) is 13.8. The van der Waals surface area contributed by atoms with Crippen LogP contribution >= 0.6 is 11.8 Å². The van der Waals surface area contributed by atoms with Gasteiger partial charge >= 0.3 is 6.03 Å². The molecule has 2 amide bonds. The van der Waals surface area contributed by atoms with E-state index in [9.17, 15) is 9.18 Å². The first-order chi connectivity index (χ1) is 10.6. The first-order valence-corrected chi connectivity index (χ1v) is 8.69. The monoisotopic (exact) mass is 326 g/mol. The van der Waals surface area contributed by atoms with Gasteiger partial charge in [0.2, 0.25) is 0 Å². The summed E-state index contributed by atoms with van der Waals surface area (Å²) in [5.74, 6) is 1.83. The highest BCUT2D eigenvalue weighted by Gasteiger charge is 2.24. The van der Waals surface area contributed by atoms with E-state index in [1.54, 1.807) is 18.2 Å². The number of amides is 2. The number of carbonyl (C=O) groups is 1. The van der Waals surface area contributed by atoms with Gasteiger partial charge in [0.15, 0.2) is 0 Å². The molecule has 2 rings (SSSR count). The van der Waals surface area contributed by atoms with Crippen LogP contribution < -0.4 is 10.6 Å². The van der Waals surface area contributed by atoms with E-state index in [-0.39, 0.29) is 23.9 Å². The molecule has 1 fully saturated rings. The maximum Gasteiger partial charge on any atom is 0.315 e. The van der Waals surface area contributed by atoms with Gasteiger partial charge in [-0.2, -0.15) is 11.8 Å². The Hall–Kier alpha value is -1.27. The molecule has 2 atom stereocenters. The Labute approximate surface area is 135 Å². The summed E-state index contributed by atoms with van der Waals surface area (Å²) < 4.78 is 19.3. The van der Waals surface area contributed by atoms with Crippen LogP contribution in [0.3, 0.4) is 0 Å². The Morgan fingerprint density at radius 3 is 2.68 bits per heavy atom. The van der Waals surface area contributed by atoms with Gasteiger partial charge in [-0.1, -0.05) is 18.2 Å². The fraction of sp³-hybridized carbons (Fsp3) is 0.562. The number of hydrogen-bond acceptors (Lipinski definition) is 3. The van der Waals surface area contributed by atoms with Crippen LogP contribution in [-0.2, 0) is 4.74 Å². The SMILES string of the molecule is CO[C@@H](c1ccccc1F)[C@@H](C)NC(=O)NC1CCSCC1. The van der Waals surface area contributed by atoms with Crippen LogP contribution in [0.1, 0.15) is 31.4 Å². The van der Waals surface area contributed by atoms with E-state index in [0.29, 0.717) is 5.56 Å². The predicted octanol–water partition coefficient (Wildman–Crippen LogP) is 3.10. The van der Waals surface area contributed by atoms with E-state index in [4.69, 9.17) is 4.74 Å². The summed E-state index contributed by atoms with van der Waals surface area (Å²) in [4.78, 5) is 12.1. The molecule has 0 aromatic heterocycles. The standard InChI is InChI=1S/C16H23FN2O2S/c1-11(15(21-2)13-5-3-4-6-14(13)17)18-16(20)19-12-7-9-22-10-8-12/h3-6,11-12,15H,7-10H2,1-2H3,(H2,18,19,20)/t11-,15-/m1/s1. The minimum absolute atomic E-state index is 0.220. The summed E-state index contributed by atoms with van der Waals surface area (Å²) in [6, 6.07) is 6.14. The van der Waals surface area contributed by atoms with E-state index in [2.05, 4.69) is 10.6 Å². The number of halogens is 1. The van der Waals surface area contributed by atoms with Gasteiger partial charge in [0.1, 0.15) is 11.9 Å². The Kier molecular flexibility index (Phi) is 6.51. The number of hydrogen-bond donors (Lipinski definition) is 2. The van der Waals surface area contributed by atoms with Crippen LogP contribution in [0.15, 0.2) is 24.3 Å². The molecule has 1 aliphatic heterocycles. The van der Waals surface area contributed by atoms with Gasteiger partial charge in [-0.05, 0) is 37.3 Å². The predicted molar refractivity (Wildman–Crippen MR) is 87.6 cm³/mol. The second-order valence-corrected chi connectivity index (χ2v) is 6.70. The molecule has 0 spiro atoms. The lowest BCUT2D eigenvalue weighted by atomic mass is 10.0. The number of benzene rings is 1. The average molecular weight is 326 g/mol. The highest BCUT2D eigenvalue weighted by atomic mass is 32.2. The molecule has 0 radical (unpaired) electrons. The lowest BCUT2D eigenvalue weighted by Gasteiger charge is -2.27. The fourth-order valence-corrected chi connectivity index (χ4v) is 3.76. The van der Waals surface area contributed by atoms with Crippen LogP contribution in [0.25, 0.3) is 0 Å². The Morgan fingerprint density at radius 1 is 1.36 bits per heavy atom. The normalized spacial score (nSPS) is 18.5. The van der Waals surface area contributed by atoms with Gasteiger partial charge in [0.05, 0.1) is 6.04 Å². The third-order valence-electron chi connectivity index (χ3n) is 3.84. The van der Waals surface area contributed by atoms with Crippen molar-refractivity contribution in [1.29, 1.82) is 0 Å². The molecule has 0 saturated carbocycles. The van der Waals surface area contributed by atoms with E-state index in [0.717, 1.165) is 24.3 Å².